The lowest BCUT2D eigenvalue weighted by Gasteiger charge is -2.30. The number of halogens is 2. The van der Waals surface area contributed by atoms with Crippen LogP contribution in [0.3, 0.4) is 0 Å². The SMILES string of the molecule is O=C(/C=C/c1cc(Cl)ccc1Cl)NC1CCCCC1CO. The van der Waals surface area contributed by atoms with E-state index >= 15 is 0 Å². The van der Waals surface area contributed by atoms with Gasteiger partial charge in [-0.1, -0.05) is 36.0 Å². The second-order valence-electron chi connectivity index (χ2n) is 5.34. The number of aliphatic hydroxyl groups excluding tert-OH is 1. The zero-order valence-corrected chi connectivity index (χ0v) is 13.2. The van der Waals surface area contributed by atoms with E-state index in [1.165, 1.54) is 6.08 Å². The van der Waals surface area contributed by atoms with Crippen LogP contribution in [0, 0.1) is 5.92 Å². The molecule has 1 aromatic carbocycles. The van der Waals surface area contributed by atoms with Crippen LogP contribution in [0.2, 0.25) is 10.0 Å². The highest BCUT2D eigenvalue weighted by Gasteiger charge is 2.25. The van der Waals surface area contributed by atoms with Gasteiger partial charge in [-0.05, 0) is 42.7 Å². The molecule has 0 aliphatic heterocycles. The summed E-state index contributed by atoms with van der Waals surface area (Å²) < 4.78 is 0. The molecule has 0 radical (unpaired) electrons. The minimum absolute atomic E-state index is 0.0516. The lowest BCUT2D eigenvalue weighted by molar-refractivity contribution is -0.117. The van der Waals surface area contributed by atoms with E-state index in [1.54, 1.807) is 24.3 Å². The van der Waals surface area contributed by atoms with Gasteiger partial charge in [-0.3, -0.25) is 4.79 Å². The Morgan fingerprint density at radius 2 is 2.10 bits per heavy atom. The van der Waals surface area contributed by atoms with Crippen LogP contribution in [0.4, 0.5) is 0 Å². The number of benzene rings is 1. The first kappa shape index (κ1) is 16.3. The molecule has 21 heavy (non-hydrogen) atoms. The van der Waals surface area contributed by atoms with E-state index in [9.17, 15) is 9.90 Å². The first-order valence-electron chi connectivity index (χ1n) is 7.14. The topological polar surface area (TPSA) is 49.3 Å². The average molecular weight is 328 g/mol. The minimum Gasteiger partial charge on any atom is -0.396 e. The summed E-state index contributed by atoms with van der Waals surface area (Å²) in [5.41, 5.74) is 0.710. The number of carbonyl (C=O) groups excluding carboxylic acids is 1. The Kier molecular flexibility index (Phi) is 6.09. The molecule has 0 heterocycles. The number of hydrogen-bond acceptors (Lipinski definition) is 2. The van der Waals surface area contributed by atoms with Crippen molar-refractivity contribution >= 4 is 35.2 Å². The van der Waals surface area contributed by atoms with E-state index in [0.717, 1.165) is 25.7 Å². The van der Waals surface area contributed by atoms with Crippen LogP contribution >= 0.6 is 23.2 Å². The Bertz CT molecular complexity index is 531. The number of amides is 1. The maximum atomic E-state index is 12.0. The highest BCUT2D eigenvalue weighted by molar-refractivity contribution is 6.34. The molecule has 0 bridgehead atoms. The van der Waals surface area contributed by atoms with Crippen molar-refractivity contribution in [3.8, 4) is 0 Å². The molecule has 0 saturated heterocycles. The fraction of sp³-hybridized carbons (Fsp3) is 0.438. The Morgan fingerprint density at radius 1 is 1.33 bits per heavy atom. The zero-order chi connectivity index (χ0) is 15.2. The van der Waals surface area contributed by atoms with E-state index in [0.29, 0.717) is 15.6 Å². The number of aliphatic hydroxyl groups is 1. The average Bonchev–Trinajstić information content (AvgIpc) is 2.49. The third-order valence-corrected chi connectivity index (χ3v) is 4.42. The molecule has 2 rings (SSSR count). The highest BCUT2D eigenvalue weighted by atomic mass is 35.5. The van der Waals surface area contributed by atoms with Gasteiger partial charge in [0.25, 0.3) is 0 Å². The molecule has 3 nitrogen and oxygen atoms in total. The standard InChI is InChI=1S/C16H19Cl2NO2/c17-13-6-7-14(18)11(9-13)5-8-16(21)19-15-4-2-1-3-12(15)10-20/h5-9,12,15,20H,1-4,10H2,(H,19,21)/b8-5+. The second-order valence-corrected chi connectivity index (χ2v) is 6.18. The van der Waals surface area contributed by atoms with Crippen LogP contribution in [0.1, 0.15) is 31.2 Å². The quantitative estimate of drug-likeness (QED) is 0.829. The predicted octanol–water partition coefficient (Wildman–Crippen LogP) is 3.67. The highest BCUT2D eigenvalue weighted by Crippen LogP contribution is 2.24. The van der Waals surface area contributed by atoms with Gasteiger partial charge < -0.3 is 10.4 Å². The summed E-state index contributed by atoms with van der Waals surface area (Å²) in [5.74, 6) is -0.0118. The Hall–Kier alpha value is -1.03. The first-order chi connectivity index (χ1) is 10.1. The molecule has 1 saturated carbocycles. The van der Waals surface area contributed by atoms with Crippen LogP contribution in [0.15, 0.2) is 24.3 Å². The van der Waals surface area contributed by atoms with E-state index in [2.05, 4.69) is 5.32 Å². The molecule has 1 aliphatic rings. The molecule has 1 aliphatic carbocycles. The fourth-order valence-corrected chi connectivity index (χ4v) is 3.02. The number of rotatable bonds is 4. The molecule has 2 N–H and O–H groups in total. The lowest BCUT2D eigenvalue weighted by Crippen LogP contribution is -2.42. The van der Waals surface area contributed by atoms with Gasteiger partial charge in [-0.25, -0.2) is 0 Å². The van der Waals surface area contributed by atoms with Gasteiger partial charge in [-0.15, -0.1) is 0 Å². The normalized spacial score (nSPS) is 22.4. The van der Waals surface area contributed by atoms with Gasteiger partial charge in [-0.2, -0.15) is 0 Å². The summed E-state index contributed by atoms with van der Waals surface area (Å²) in [7, 11) is 0. The van der Waals surface area contributed by atoms with Crippen molar-refractivity contribution in [3.63, 3.8) is 0 Å². The third kappa shape index (κ3) is 4.73. The van der Waals surface area contributed by atoms with Gasteiger partial charge in [0.15, 0.2) is 0 Å². The number of carbonyl (C=O) groups is 1. The first-order valence-corrected chi connectivity index (χ1v) is 7.90. The van der Waals surface area contributed by atoms with E-state index in [-0.39, 0.29) is 24.5 Å². The van der Waals surface area contributed by atoms with Crippen molar-refractivity contribution in [2.75, 3.05) is 6.61 Å². The summed E-state index contributed by atoms with van der Waals surface area (Å²) in [6, 6.07) is 5.17. The molecule has 0 aromatic heterocycles. The molecule has 1 fully saturated rings. The molecule has 2 atom stereocenters. The number of hydrogen-bond donors (Lipinski definition) is 2. The molecular weight excluding hydrogens is 309 g/mol. The summed E-state index contributed by atoms with van der Waals surface area (Å²) >= 11 is 11.9. The lowest BCUT2D eigenvalue weighted by atomic mass is 9.85. The molecule has 1 aromatic rings. The van der Waals surface area contributed by atoms with E-state index < -0.39 is 0 Å². The summed E-state index contributed by atoms with van der Waals surface area (Å²) in [4.78, 5) is 12.0. The predicted molar refractivity (Wildman–Crippen MR) is 86.5 cm³/mol. The van der Waals surface area contributed by atoms with Crippen LogP contribution in [0.25, 0.3) is 6.08 Å². The fourth-order valence-electron chi connectivity index (χ4n) is 2.65. The van der Waals surface area contributed by atoms with Crippen LogP contribution in [0.5, 0.6) is 0 Å². The second kappa shape index (κ2) is 7.83. The largest absolute Gasteiger partial charge is 0.396 e. The van der Waals surface area contributed by atoms with Crippen molar-refractivity contribution in [3.05, 3.63) is 39.9 Å². The van der Waals surface area contributed by atoms with E-state index in [4.69, 9.17) is 23.2 Å². The summed E-state index contributed by atoms with van der Waals surface area (Å²) in [6.45, 7) is 0.120. The maximum absolute atomic E-state index is 12.0. The van der Waals surface area contributed by atoms with E-state index in [1.807, 2.05) is 0 Å². The van der Waals surface area contributed by atoms with Crippen molar-refractivity contribution in [2.24, 2.45) is 5.92 Å². The zero-order valence-electron chi connectivity index (χ0n) is 11.7. The van der Waals surface area contributed by atoms with Crippen LogP contribution < -0.4 is 5.32 Å². The minimum atomic E-state index is -0.170. The molecular formula is C16H19Cl2NO2. The van der Waals surface area contributed by atoms with Crippen molar-refractivity contribution in [2.45, 2.75) is 31.7 Å². The van der Waals surface area contributed by atoms with Crippen LogP contribution in [-0.2, 0) is 4.79 Å². The molecule has 2 unspecified atom stereocenters. The number of nitrogens with one attached hydrogen (secondary N) is 1. The van der Waals surface area contributed by atoms with Crippen molar-refractivity contribution < 1.29 is 9.90 Å². The summed E-state index contributed by atoms with van der Waals surface area (Å²) in [6.07, 6.45) is 7.20. The third-order valence-electron chi connectivity index (χ3n) is 3.84. The van der Waals surface area contributed by atoms with Gasteiger partial charge in [0, 0.05) is 34.7 Å². The smallest absolute Gasteiger partial charge is 0.244 e. The summed E-state index contributed by atoms with van der Waals surface area (Å²) in [5, 5.41) is 13.4. The van der Waals surface area contributed by atoms with Gasteiger partial charge in [0.2, 0.25) is 5.91 Å². The van der Waals surface area contributed by atoms with Crippen LogP contribution in [-0.4, -0.2) is 23.7 Å². The van der Waals surface area contributed by atoms with Gasteiger partial charge in [0.1, 0.15) is 0 Å². The van der Waals surface area contributed by atoms with Crippen molar-refractivity contribution in [1.29, 1.82) is 0 Å². The molecule has 5 heteroatoms. The maximum Gasteiger partial charge on any atom is 0.244 e. The monoisotopic (exact) mass is 327 g/mol. The Labute approximate surface area is 134 Å². The Balaban J connectivity index is 1.97. The molecule has 114 valence electrons. The van der Waals surface area contributed by atoms with Gasteiger partial charge in [0.05, 0.1) is 0 Å². The molecule has 1 amide bonds. The van der Waals surface area contributed by atoms with Gasteiger partial charge >= 0.3 is 0 Å². The molecule has 0 spiro atoms. The Morgan fingerprint density at radius 3 is 2.86 bits per heavy atom. The van der Waals surface area contributed by atoms with Crippen molar-refractivity contribution in [1.82, 2.24) is 5.32 Å².